The predicted molar refractivity (Wildman–Crippen MR) is 118 cm³/mol. The maximum absolute atomic E-state index is 13.0. The maximum Gasteiger partial charge on any atom is 0.263 e. The van der Waals surface area contributed by atoms with E-state index in [9.17, 15) is 9.59 Å². The highest BCUT2D eigenvalue weighted by Gasteiger charge is 2.30. The standard InChI is InChI=1S/C21H21BrN4O2S/c1-14-11-19(26(24-14)17-7-2-6-16(22)12-17)23-20(27)15-5-3-9-25(13-15)21(28)18-8-4-10-29-18/h2,4,6-8,10-12,15H,3,5,9,13H2,1H3,(H,23,27). The number of hydrogen-bond donors (Lipinski definition) is 1. The molecule has 8 heteroatoms. The van der Waals surface area contributed by atoms with Crippen LogP contribution in [0.15, 0.2) is 52.3 Å². The van der Waals surface area contributed by atoms with Crippen molar-refractivity contribution in [2.45, 2.75) is 19.8 Å². The Labute approximate surface area is 181 Å². The van der Waals surface area contributed by atoms with Gasteiger partial charge in [-0.1, -0.05) is 28.1 Å². The molecule has 0 radical (unpaired) electrons. The zero-order valence-electron chi connectivity index (χ0n) is 16.0. The van der Waals surface area contributed by atoms with Gasteiger partial charge in [0.25, 0.3) is 5.91 Å². The summed E-state index contributed by atoms with van der Waals surface area (Å²) >= 11 is 4.91. The second-order valence-electron chi connectivity index (χ2n) is 7.12. The zero-order chi connectivity index (χ0) is 20.4. The van der Waals surface area contributed by atoms with Crippen molar-refractivity contribution >= 4 is 44.9 Å². The van der Waals surface area contributed by atoms with Gasteiger partial charge in [-0.05, 0) is 49.4 Å². The second kappa shape index (κ2) is 8.51. The summed E-state index contributed by atoms with van der Waals surface area (Å²) in [5.41, 5.74) is 1.68. The van der Waals surface area contributed by atoms with Crippen LogP contribution in [0.5, 0.6) is 0 Å². The number of likely N-dealkylation sites (tertiary alicyclic amines) is 1. The van der Waals surface area contributed by atoms with E-state index in [4.69, 9.17) is 0 Å². The third kappa shape index (κ3) is 4.43. The van der Waals surface area contributed by atoms with Gasteiger partial charge in [0.1, 0.15) is 5.82 Å². The Hall–Kier alpha value is -2.45. The molecular weight excluding hydrogens is 452 g/mol. The number of thiophene rings is 1. The van der Waals surface area contributed by atoms with Gasteiger partial charge in [0.2, 0.25) is 5.91 Å². The fourth-order valence-corrected chi connectivity index (χ4v) is 4.63. The average molecular weight is 473 g/mol. The van der Waals surface area contributed by atoms with Crippen molar-refractivity contribution in [1.29, 1.82) is 0 Å². The molecule has 1 unspecified atom stereocenters. The molecule has 2 amide bonds. The zero-order valence-corrected chi connectivity index (χ0v) is 18.4. The van der Waals surface area contributed by atoms with Crippen LogP contribution in [-0.4, -0.2) is 39.6 Å². The molecule has 6 nitrogen and oxygen atoms in total. The summed E-state index contributed by atoms with van der Waals surface area (Å²) in [6.45, 7) is 3.02. The summed E-state index contributed by atoms with van der Waals surface area (Å²) in [6.07, 6.45) is 1.59. The molecule has 3 heterocycles. The molecule has 2 aromatic heterocycles. The van der Waals surface area contributed by atoms with Crippen LogP contribution < -0.4 is 5.32 Å². The Morgan fingerprint density at radius 2 is 2.10 bits per heavy atom. The molecule has 0 saturated carbocycles. The monoisotopic (exact) mass is 472 g/mol. The number of rotatable bonds is 4. The Bertz CT molecular complexity index is 1030. The number of aryl methyl sites for hydroxylation is 1. The molecule has 1 aromatic carbocycles. The van der Waals surface area contributed by atoms with E-state index in [-0.39, 0.29) is 17.7 Å². The minimum Gasteiger partial charge on any atom is -0.337 e. The highest BCUT2D eigenvalue weighted by atomic mass is 79.9. The lowest BCUT2D eigenvalue weighted by molar-refractivity contribution is -0.121. The lowest BCUT2D eigenvalue weighted by atomic mass is 9.97. The number of piperidine rings is 1. The number of amides is 2. The van der Waals surface area contributed by atoms with Crippen molar-refractivity contribution in [2.24, 2.45) is 5.92 Å². The third-order valence-corrected chi connectivity index (χ3v) is 6.30. The number of hydrogen-bond acceptors (Lipinski definition) is 4. The number of anilines is 1. The minimum absolute atomic E-state index is 0.00696. The average Bonchev–Trinajstić information content (AvgIpc) is 3.37. The minimum atomic E-state index is -0.237. The predicted octanol–water partition coefficient (Wildman–Crippen LogP) is 4.50. The van der Waals surface area contributed by atoms with Crippen LogP contribution in [0.25, 0.3) is 5.69 Å². The van der Waals surface area contributed by atoms with E-state index in [0.717, 1.165) is 33.6 Å². The fraction of sp³-hybridized carbons (Fsp3) is 0.286. The smallest absolute Gasteiger partial charge is 0.263 e. The molecule has 0 spiro atoms. The SMILES string of the molecule is Cc1cc(NC(=O)C2CCCN(C(=O)c3cccs3)C2)n(-c2cccc(Br)c2)n1. The van der Waals surface area contributed by atoms with Crippen LogP contribution in [0.4, 0.5) is 5.82 Å². The summed E-state index contributed by atoms with van der Waals surface area (Å²) in [7, 11) is 0. The summed E-state index contributed by atoms with van der Waals surface area (Å²) in [5.74, 6) is 0.323. The van der Waals surface area contributed by atoms with Crippen LogP contribution in [-0.2, 0) is 4.79 Å². The summed E-state index contributed by atoms with van der Waals surface area (Å²) in [6, 6.07) is 13.3. The molecule has 1 fully saturated rings. The Morgan fingerprint density at radius 3 is 2.86 bits per heavy atom. The van der Waals surface area contributed by atoms with E-state index in [1.807, 2.05) is 54.8 Å². The number of carbonyl (C=O) groups is 2. The highest BCUT2D eigenvalue weighted by molar-refractivity contribution is 9.10. The first-order valence-corrected chi connectivity index (χ1v) is 11.1. The molecule has 3 aromatic rings. The molecule has 4 rings (SSSR count). The molecule has 1 aliphatic heterocycles. The molecule has 0 aliphatic carbocycles. The van der Waals surface area contributed by atoms with E-state index < -0.39 is 0 Å². The van der Waals surface area contributed by atoms with Crippen LogP contribution in [0.1, 0.15) is 28.2 Å². The molecule has 150 valence electrons. The van der Waals surface area contributed by atoms with E-state index >= 15 is 0 Å². The van der Waals surface area contributed by atoms with Gasteiger partial charge in [0.15, 0.2) is 0 Å². The molecule has 1 atom stereocenters. The number of benzene rings is 1. The normalized spacial score (nSPS) is 16.6. The number of carbonyl (C=O) groups excluding carboxylic acids is 2. The van der Waals surface area contributed by atoms with Crippen LogP contribution in [0.2, 0.25) is 0 Å². The molecule has 1 saturated heterocycles. The first-order valence-electron chi connectivity index (χ1n) is 9.47. The summed E-state index contributed by atoms with van der Waals surface area (Å²) in [4.78, 5) is 28.1. The van der Waals surface area contributed by atoms with Gasteiger partial charge >= 0.3 is 0 Å². The first kappa shape index (κ1) is 19.8. The van der Waals surface area contributed by atoms with Gasteiger partial charge in [-0.3, -0.25) is 9.59 Å². The van der Waals surface area contributed by atoms with Crippen molar-refractivity contribution in [3.05, 3.63) is 62.9 Å². The third-order valence-electron chi connectivity index (χ3n) is 4.95. The topological polar surface area (TPSA) is 67.2 Å². The Kier molecular flexibility index (Phi) is 5.82. The summed E-state index contributed by atoms with van der Waals surface area (Å²) < 4.78 is 2.67. The molecule has 1 aliphatic rings. The Morgan fingerprint density at radius 1 is 1.24 bits per heavy atom. The van der Waals surface area contributed by atoms with Crippen molar-refractivity contribution in [2.75, 3.05) is 18.4 Å². The fourth-order valence-electron chi connectivity index (χ4n) is 3.55. The number of nitrogens with zero attached hydrogens (tertiary/aromatic N) is 3. The Balaban J connectivity index is 1.49. The van der Waals surface area contributed by atoms with Gasteiger partial charge in [-0.25, -0.2) is 4.68 Å². The van der Waals surface area contributed by atoms with Crippen molar-refractivity contribution in [3.63, 3.8) is 0 Å². The van der Waals surface area contributed by atoms with Crippen molar-refractivity contribution in [1.82, 2.24) is 14.7 Å². The van der Waals surface area contributed by atoms with Crippen LogP contribution in [0.3, 0.4) is 0 Å². The number of nitrogens with one attached hydrogen (secondary N) is 1. The highest BCUT2D eigenvalue weighted by Crippen LogP contribution is 2.24. The van der Waals surface area contributed by atoms with E-state index in [1.54, 1.807) is 9.58 Å². The molecule has 0 bridgehead atoms. The van der Waals surface area contributed by atoms with Gasteiger partial charge in [0.05, 0.1) is 22.2 Å². The quantitative estimate of drug-likeness (QED) is 0.607. The van der Waals surface area contributed by atoms with Gasteiger partial charge in [-0.2, -0.15) is 5.10 Å². The second-order valence-corrected chi connectivity index (χ2v) is 8.98. The van der Waals surface area contributed by atoms with E-state index in [0.29, 0.717) is 18.9 Å². The maximum atomic E-state index is 13.0. The van der Waals surface area contributed by atoms with Crippen LogP contribution >= 0.6 is 27.3 Å². The number of aromatic nitrogens is 2. The number of halogens is 1. The first-order chi connectivity index (χ1) is 14.0. The molecular formula is C21H21BrN4O2S. The van der Waals surface area contributed by atoms with E-state index in [2.05, 4.69) is 26.3 Å². The van der Waals surface area contributed by atoms with Gasteiger partial charge in [-0.15, -0.1) is 11.3 Å². The summed E-state index contributed by atoms with van der Waals surface area (Å²) in [5, 5.41) is 9.43. The lowest BCUT2D eigenvalue weighted by Crippen LogP contribution is -2.43. The van der Waals surface area contributed by atoms with E-state index in [1.165, 1.54) is 11.3 Å². The molecule has 29 heavy (non-hydrogen) atoms. The largest absolute Gasteiger partial charge is 0.337 e. The van der Waals surface area contributed by atoms with Gasteiger partial charge < -0.3 is 10.2 Å². The van der Waals surface area contributed by atoms with Crippen LogP contribution in [0, 0.1) is 12.8 Å². The van der Waals surface area contributed by atoms with Crippen molar-refractivity contribution in [3.8, 4) is 5.69 Å². The lowest BCUT2D eigenvalue weighted by Gasteiger charge is -2.31. The van der Waals surface area contributed by atoms with Crippen molar-refractivity contribution < 1.29 is 9.59 Å². The van der Waals surface area contributed by atoms with Gasteiger partial charge in [0, 0.05) is 23.6 Å². The molecule has 1 N–H and O–H groups in total.